The van der Waals surface area contributed by atoms with E-state index in [0.29, 0.717) is 37.2 Å². The van der Waals surface area contributed by atoms with Gasteiger partial charge in [0.15, 0.2) is 0 Å². The van der Waals surface area contributed by atoms with E-state index in [1.807, 2.05) is 6.07 Å². The van der Waals surface area contributed by atoms with Crippen molar-refractivity contribution in [2.75, 3.05) is 26.3 Å². The Morgan fingerprint density at radius 2 is 2.00 bits per heavy atom. The van der Waals surface area contributed by atoms with Crippen LogP contribution in [0.5, 0.6) is 0 Å². The first-order valence-corrected chi connectivity index (χ1v) is 7.01. The minimum atomic E-state index is -0.562. The summed E-state index contributed by atoms with van der Waals surface area (Å²) in [5.41, 5.74) is 0.458. The van der Waals surface area contributed by atoms with Gasteiger partial charge >= 0.3 is 0 Å². The predicted octanol–water partition coefficient (Wildman–Crippen LogP) is 0.816. The van der Waals surface area contributed by atoms with Crippen molar-refractivity contribution in [3.8, 4) is 0 Å². The van der Waals surface area contributed by atoms with E-state index < -0.39 is 6.04 Å². The summed E-state index contributed by atoms with van der Waals surface area (Å²) in [7, 11) is 0. The SMILES string of the molecule is C[C@@H](C(=O)N1CCOCC1)n1cnc2ccccc2c1=O. The number of carbonyl (C=O) groups is 1. The van der Waals surface area contributed by atoms with Crippen LogP contribution < -0.4 is 5.56 Å². The van der Waals surface area contributed by atoms with Gasteiger partial charge < -0.3 is 9.64 Å². The number of morpholine rings is 1. The number of para-hydroxylation sites is 1. The number of ether oxygens (including phenoxy) is 1. The number of aromatic nitrogens is 2. The second-order valence-corrected chi connectivity index (χ2v) is 5.09. The molecule has 21 heavy (non-hydrogen) atoms. The van der Waals surface area contributed by atoms with Crippen molar-refractivity contribution in [3.05, 3.63) is 40.9 Å². The summed E-state index contributed by atoms with van der Waals surface area (Å²) in [5.74, 6) is -0.0718. The molecule has 1 saturated heterocycles. The van der Waals surface area contributed by atoms with Gasteiger partial charge in [0.05, 0.1) is 30.4 Å². The van der Waals surface area contributed by atoms with Gasteiger partial charge in [-0.15, -0.1) is 0 Å². The Bertz CT molecular complexity index is 719. The first-order valence-electron chi connectivity index (χ1n) is 7.01. The normalized spacial score (nSPS) is 16.9. The van der Waals surface area contributed by atoms with E-state index in [1.54, 1.807) is 30.0 Å². The van der Waals surface area contributed by atoms with E-state index in [4.69, 9.17) is 4.74 Å². The molecule has 2 heterocycles. The molecule has 1 aromatic carbocycles. The Labute approximate surface area is 122 Å². The number of nitrogens with zero attached hydrogens (tertiary/aromatic N) is 3. The van der Waals surface area contributed by atoms with Gasteiger partial charge in [-0.05, 0) is 19.1 Å². The summed E-state index contributed by atoms with van der Waals surface area (Å²) in [6.07, 6.45) is 1.45. The van der Waals surface area contributed by atoms with E-state index in [2.05, 4.69) is 4.98 Å². The van der Waals surface area contributed by atoms with Crippen molar-refractivity contribution in [3.63, 3.8) is 0 Å². The number of hydrogen-bond acceptors (Lipinski definition) is 4. The molecule has 0 N–H and O–H groups in total. The molecule has 1 aliphatic heterocycles. The maximum absolute atomic E-state index is 12.5. The monoisotopic (exact) mass is 287 g/mol. The largest absolute Gasteiger partial charge is 0.378 e. The Hall–Kier alpha value is -2.21. The fourth-order valence-corrected chi connectivity index (χ4v) is 2.53. The van der Waals surface area contributed by atoms with Crippen LogP contribution in [0, 0.1) is 0 Å². The molecule has 110 valence electrons. The van der Waals surface area contributed by atoms with Gasteiger partial charge in [-0.1, -0.05) is 12.1 Å². The molecular formula is C15H17N3O3. The number of carbonyl (C=O) groups excluding carboxylic acids is 1. The number of rotatable bonds is 2. The molecule has 0 radical (unpaired) electrons. The first kappa shape index (κ1) is 13.8. The zero-order valence-corrected chi connectivity index (χ0v) is 11.9. The second-order valence-electron chi connectivity index (χ2n) is 5.09. The van der Waals surface area contributed by atoms with Crippen LogP contribution in [0.3, 0.4) is 0 Å². The zero-order chi connectivity index (χ0) is 14.8. The molecule has 0 aliphatic carbocycles. The molecule has 2 aromatic rings. The summed E-state index contributed by atoms with van der Waals surface area (Å²) in [6.45, 7) is 3.96. The lowest BCUT2D eigenvalue weighted by molar-refractivity contribution is -0.138. The molecule has 0 spiro atoms. The molecule has 1 aromatic heterocycles. The topological polar surface area (TPSA) is 64.4 Å². The van der Waals surface area contributed by atoms with Crippen LogP contribution >= 0.6 is 0 Å². The van der Waals surface area contributed by atoms with Crippen molar-refractivity contribution < 1.29 is 9.53 Å². The predicted molar refractivity (Wildman–Crippen MR) is 78.1 cm³/mol. The Morgan fingerprint density at radius 1 is 1.29 bits per heavy atom. The molecule has 6 nitrogen and oxygen atoms in total. The van der Waals surface area contributed by atoms with Gasteiger partial charge in [-0.3, -0.25) is 14.2 Å². The standard InChI is InChI=1S/C15H17N3O3/c1-11(14(19)17-6-8-21-9-7-17)18-10-16-13-5-3-2-4-12(13)15(18)20/h2-5,10-11H,6-9H2,1H3/t11-/m0/s1. The molecular weight excluding hydrogens is 270 g/mol. The lowest BCUT2D eigenvalue weighted by Crippen LogP contribution is -2.45. The van der Waals surface area contributed by atoms with Crippen LogP contribution in [-0.2, 0) is 9.53 Å². The highest BCUT2D eigenvalue weighted by atomic mass is 16.5. The molecule has 0 unspecified atom stereocenters. The van der Waals surface area contributed by atoms with Gasteiger partial charge in [0.1, 0.15) is 6.04 Å². The van der Waals surface area contributed by atoms with E-state index in [0.717, 1.165) is 0 Å². The maximum atomic E-state index is 12.5. The fourth-order valence-electron chi connectivity index (χ4n) is 2.53. The van der Waals surface area contributed by atoms with Crippen LogP contribution in [0.15, 0.2) is 35.4 Å². The fraction of sp³-hybridized carbons (Fsp3) is 0.400. The van der Waals surface area contributed by atoms with Gasteiger partial charge in [0.2, 0.25) is 5.91 Å². The molecule has 1 amide bonds. The third-order valence-corrected chi connectivity index (χ3v) is 3.79. The number of hydrogen-bond donors (Lipinski definition) is 0. The molecule has 0 bridgehead atoms. The van der Waals surface area contributed by atoms with Crippen molar-refractivity contribution in [1.82, 2.24) is 14.5 Å². The molecule has 1 atom stereocenters. The van der Waals surface area contributed by atoms with E-state index >= 15 is 0 Å². The quantitative estimate of drug-likeness (QED) is 0.820. The first-order chi connectivity index (χ1) is 10.2. The number of fused-ring (bicyclic) bond motifs is 1. The van der Waals surface area contributed by atoms with Crippen LogP contribution in [0.1, 0.15) is 13.0 Å². The smallest absolute Gasteiger partial charge is 0.261 e. The van der Waals surface area contributed by atoms with Gasteiger partial charge in [-0.2, -0.15) is 0 Å². The van der Waals surface area contributed by atoms with Crippen molar-refractivity contribution in [2.45, 2.75) is 13.0 Å². The summed E-state index contributed by atoms with van der Waals surface area (Å²) in [6, 6.07) is 6.58. The lowest BCUT2D eigenvalue weighted by atomic mass is 10.2. The maximum Gasteiger partial charge on any atom is 0.261 e. The van der Waals surface area contributed by atoms with E-state index in [9.17, 15) is 9.59 Å². The van der Waals surface area contributed by atoms with Crippen molar-refractivity contribution >= 4 is 16.8 Å². The average molecular weight is 287 g/mol. The summed E-state index contributed by atoms with van der Waals surface area (Å²) < 4.78 is 6.64. The second kappa shape index (κ2) is 5.65. The molecule has 1 fully saturated rings. The van der Waals surface area contributed by atoms with Crippen LogP contribution in [-0.4, -0.2) is 46.7 Å². The number of benzene rings is 1. The Balaban J connectivity index is 1.94. The molecule has 6 heteroatoms. The van der Waals surface area contributed by atoms with Gasteiger partial charge in [0, 0.05) is 13.1 Å². The molecule has 3 rings (SSSR count). The minimum Gasteiger partial charge on any atom is -0.378 e. The molecule has 1 aliphatic rings. The van der Waals surface area contributed by atoms with Crippen LogP contribution in [0.25, 0.3) is 10.9 Å². The highest BCUT2D eigenvalue weighted by Gasteiger charge is 2.24. The summed E-state index contributed by atoms with van der Waals surface area (Å²) in [4.78, 5) is 30.9. The summed E-state index contributed by atoms with van der Waals surface area (Å²) >= 11 is 0. The highest BCUT2D eigenvalue weighted by molar-refractivity contribution is 5.81. The third kappa shape index (κ3) is 2.54. The number of amides is 1. The molecule has 0 saturated carbocycles. The van der Waals surface area contributed by atoms with Crippen LogP contribution in [0.2, 0.25) is 0 Å². The summed E-state index contributed by atoms with van der Waals surface area (Å²) in [5, 5.41) is 0.529. The highest BCUT2D eigenvalue weighted by Crippen LogP contribution is 2.12. The Morgan fingerprint density at radius 3 is 2.76 bits per heavy atom. The van der Waals surface area contributed by atoms with Gasteiger partial charge in [-0.25, -0.2) is 4.98 Å². The van der Waals surface area contributed by atoms with E-state index in [1.165, 1.54) is 10.9 Å². The average Bonchev–Trinajstić information content (AvgIpc) is 2.55. The Kier molecular flexibility index (Phi) is 3.70. The van der Waals surface area contributed by atoms with E-state index in [-0.39, 0.29) is 11.5 Å². The van der Waals surface area contributed by atoms with Gasteiger partial charge in [0.25, 0.3) is 5.56 Å². The lowest BCUT2D eigenvalue weighted by Gasteiger charge is -2.29. The van der Waals surface area contributed by atoms with Crippen molar-refractivity contribution in [2.24, 2.45) is 0 Å². The van der Waals surface area contributed by atoms with Crippen LogP contribution in [0.4, 0.5) is 0 Å². The van der Waals surface area contributed by atoms with Crippen molar-refractivity contribution in [1.29, 1.82) is 0 Å². The zero-order valence-electron chi connectivity index (χ0n) is 11.9. The third-order valence-electron chi connectivity index (χ3n) is 3.79. The minimum absolute atomic E-state index is 0.0718.